The SMILES string of the molecule is Cc1ccc2ccccc2c1C(Cl)C(=O)Cl. The van der Waals surface area contributed by atoms with Gasteiger partial charge in [0.25, 0.3) is 0 Å². The zero-order valence-corrected chi connectivity index (χ0v) is 10.2. The van der Waals surface area contributed by atoms with Crippen molar-refractivity contribution < 1.29 is 4.79 Å². The van der Waals surface area contributed by atoms with Gasteiger partial charge in [-0.2, -0.15) is 0 Å². The molecule has 1 atom stereocenters. The molecule has 2 rings (SSSR count). The summed E-state index contributed by atoms with van der Waals surface area (Å²) in [6, 6.07) is 11.8. The number of alkyl halides is 1. The molecule has 82 valence electrons. The number of aryl methyl sites for hydroxylation is 1. The molecule has 16 heavy (non-hydrogen) atoms. The number of benzene rings is 2. The van der Waals surface area contributed by atoms with Crippen LogP contribution in [0.2, 0.25) is 0 Å². The molecule has 0 fully saturated rings. The Morgan fingerprint density at radius 3 is 2.56 bits per heavy atom. The molecule has 0 aliphatic carbocycles. The van der Waals surface area contributed by atoms with E-state index < -0.39 is 10.6 Å². The number of carbonyl (C=O) groups excluding carboxylic acids is 1. The second kappa shape index (κ2) is 4.44. The lowest BCUT2D eigenvalue weighted by molar-refractivity contribution is -0.111. The van der Waals surface area contributed by atoms with Crippen LogP contribution < -0.4 is 0 Å². The van der Waals surface area contributed by atoms with Crippen LogP contribution in [0.5, 0.6) is 0 Å². The Kier molecular flexibility index (Phi) is 3.17. The lowest BCUT2D eigenvalue weighted by Gasteiger charge is -2.12. The highest BCUT2D eigenvalue weighted by molar-refractivity contribution is 6.69. The summed E-state index contributed by atoms with van der Waals surface area (Å²) in [5, 5.41) is 0.719. The van der Waals surface area contributed by atoms with E-state index in [4.69, 9.17) is 23.2 Å². The maximum atomic E-state index is 11.2. The molecule has 2 aromatic carbocycles. The summed E-state index contributed by atoms with van der Waals surface area (Å²) in [5.41, 5.74) is 1.78. The van der Waals surface area contributed by atoms with E-state index in [0.29, 0.717) is 0 Å². The number of hydrogen-bond donors (Lipinski definition) is 0. The number of carbonyl (C=O) groups is 1. The van der Waals surface area contributed by atoms with Crippen molar-refractivity contribution >= 4 is 39.2 Å². The van der Waals surface area contributed by atoms with Gasteiger partial charge >= 0.3 is 0 Å². The van der Waals surface area contributed by atoms with Crippen LogP contribution in [0.25, 0.3) is 10.8 Å². The second-order valence-electron chi connectivity index (χ2n) is 3.68. The van der Waals surface area contributed by atoms with Crippen LogP contribution in [0, 0.1) is 6.92 Å². The predicted molar refractivity (Wildman–Crippen MR) is 68.1 cm³/mol. The summed E-state index contributed by atoms with van der Waals surface area (Å²) < 4.78 is 0. The van der Waals surface area contributed by atoms with Gasteiger partial charge in [0.1, 0.15) is 5.38 Å². The van der Waals surface area contributed by atoms with Gasteiger partial charge in [-0.05, 0) is 40.4 Å². The highest BCUT2D eigenvalue weighted by Crippen LogP contribution is 2.32. The largest absolute Gasteiger partial charge is 0.279 e. The summed E-state index contributed by atoms with van der Waals surface area (Å²) in [5.74, 6) is 0. The first-order valence-electron chi connectivity index (χ1n) is 4.93. The Morgan fingerprint density at radius 2 is 1.88 bits per heavy atom. The number of rotatable bonds is 2. The van der Waals surface area contributed by atoms with Crippen LogP contribution >= 0.6 is 23.2 Å². The molecule has 0 bridgehead atoms. The van der Waals surface area contributed by atoms with Crippen LogP contribution in [0.3, 0.4) is 0 Å². The highest BCUT2D eigenvalue weighted by Gasteiger charge is 2.19. The Labute approximate surface area is 104 Å². The molecule has 0 amide bonds. The minimum Gasteiger partial charge on any atom is -0.279 e. The fourth-order valence-corrected chi connectivity index (χ4v) is 2.25. The molecule has 0 saturated heterocycles. The average Bonchev–Trinajstić information content (AvgIpc) is 2.28. The lowest BCUT2D eigenvalue weighted by Crippen LogP contribution is -2.02. The van der Waals surface area contributed by atoms with Gasteiger partial charge in [0.15, 0.2) is 0 Å². The Bertz CT molecular complexity index is 549. The van der Waals surface area contributed by atoms with Crippen LogP contribution in [0.4, 0.5) is 0 Å². The summed E-state index contributed by atoms with van der Waals surface area (Å²) in [6.07, 6.45) is 0. The fourth-order valence-electron chi connectivity index (χ4n) is 1.85. The summed E-state index contributed by atoms with van der Waals surface area (Å²) in [4.78, 5) is 11.2. The lowest BCUT2D eigenvalue weighted by atomic mass is 9.97. The van der Waals surface area contributed by atoms with Crippen molar-refractivity contribution in [3.63, 3.8) is 0 Å². The Morgan fingerprint density at radius 1 is 1.19 bits per heavy atom. The van der Waals surface area contributed by atoms with Crippen LogP contribution in [0.1, 0.15) is 16.5 Å². The van der Waals surface area contributed by atoms with E-state index in [0.717, 1.165) is 21.9 Å². The first-order chi connectivity index (χ1) is 7.61. The van der Waals surface area contributed by atoms with E-state index in [-0.39, 0.29) is 0 Å². The van der Waals surface area contributed by atoms with Crippen molar-refractivity contribution in [2.45, 2.75) is 12.3 Å². The summed E-state index contributed by atoms with van der Waals surface area (Å²) >= 11 is 11.5. The topological polar surface area (TPSA) is 17.1 Å². The first-order valence-corrected chi connectivity index (χ1v) is 5.74. The fraction of sp³-hybridized carbons (Fsp3) is 0.154. The van der Waals surface area contributed by atoms with Crippen molar-refractivity contribution in [3.8, 4) is 0 Å². The third kappa shape index (κ3) is 1.93. The molecule has 0 radical (unpaired) electrons. The summed E-state index contributed by atoms with van der Waals surface area (Å²) in [6.45, 7) is 1.93. The van der Waals surface area contributed by atoms with Gasteiger partial charge in [0, 0.05) is 0 Å². The van der Waals surface area contributed by atoms with Gasteiger partial charge < -0.3 is 0 Å². The maximum Gasteiger partial charge on any atom is 0.244 e. The van der Waals surface area contributed by atoms with Crippen molar-refractivity contribution in [1.29, 1.82) is 0 Å². The van der Waals surface area contributed by atoms with Gasteiger partial charge in [0.05, 0.1) is 0 Å². The number of fused-ring (bicyclic) bond motifs is 1. The molecule has 1 unspecified atom stereocenters. The Hall–Kier alpha value is -1.05. The van der Waals surface area contributed by atoms with Gasteiger partial charge in [-0.25, -0.2) is 0 Å². The molecule has 0 aliphatic rings. The van der Waals surface area contributed by atoms with E-state index in [9.17, 15) is 4.79 Å². The van der Waals surface area contributed by atoms with Crippen LogP contribution in [0.15, 0.2) is 36.4 Å². The van der Waals surface area contributed by atoms with Crippen molar-refractivity contribution in [2.24, 2.45) is 0 Å². The molecular formula is C13H10Cl2O. The Balaban J connectivity index is 2.75. The molecule has 0 N–H and O–H groups in total. The van der Waals surface area contributed by atoms with E-state index >= 15 is 0 Å². The molecule has 0 saturated carbocycles. The third-order valence-electron chi connectivity index (χ3n) is 2.64. The van der Waals surface area contributed by atoms with Gasteiger partial charge in [-0.15, -0.1) is 11.6 Å². The van der Waals surface area contributed by atoms with Crippen LogP contribution in [-0.2, 0) is 4.79 Å². The minimum absolute atomic E-state index is 0.541. The van der Waals surface area contributed by atoms with Crippen molar-refractivity contribution in [3.05, 3.63) is 47.5 Å². The molecule has 0 aliphatic heterocycles. The van der Waals surface area contributed by atoms with E-state index in [1.807, 2.05) is 43.3 Å². The van der Waals surface area contributed by atoms with E-state index in [1.54, 1.807) is 0 Å². The zero-order chi connectivity index (χ0) is 11.7. The van der Waals surface area contributed by atoms with E-state index in [2.05, 4.69) is 0 Å². The van der Waals surface area contributed by atoms with Crippen molar-refractivity contribution in [2.75, 3.05) is 0 Å². The first kappa shape index (κ1) is 11.4. The minimum atomic E-state index is -0.784. The number of hydrogen-bond acceptors (Lipinski definition) is 1. The van der Waals surface area contributed by atoms with Gasteiger partial charge in [-0.3, -0.25) is 4.79 Å². The van der Waals surface area contributed by atoms with Gasteiger partial charge in [0.2, 0.25) is 5.24 Å². The molecule has 0 spiro atoms. The third-order valence-corrected chi connectivity index (χ3v) is 3.39. The zero-order valence-electron chi connectivity index (χ0n) is 8.71. The molecule has 2 aromatic rings. The highest BCUT2D eigenvalue weighted by atomic mass is 35.5. The summed E-state index contributed by atoms with van der Waals surface area (Å²) in [7, 11) is 0. The molecule has 3 heteroatoms. The average molecular weight is 253 g/mol. The second-order valence-corrected chi connectivity index (χ2v) is 4.49. The predicted octanol–water partition coefficient (Wildman–Crippen LogP) is 4.19. The normalized spacial score (nSPS) is 12.7. The molecule has 0 heterocycles. The van der Waals surface area contributed by atoms with Gasteiger partial charge in [-0.1, -0.05) is 36.4 Å². The monoisotopic (exact) mass is 252 g/mol. The standard InChI is InChI=1S/C13H10Cl2O/c1-8-6-7-9-4-2-3-5-10(9)11(8)12(14)13(15)16/h2-7,12H,1H3. The smallest absolute Gasteiger partial charge is 0.244 e. The molecular weight excluding hydrogens is 243 g/mol. The van der Waals surface area contributed by atoms with E-state index in [1.165, 1.54) is 0 Å². The number of halogens is 2. The van der Waals surface area contributed by atoms with Crippen molar-refractivity contribution in [1.82, 2.24) is 0 Å². The maximum absolute atomic E-state index is 11.2. The molecule has 1 nitrogen and oxygen atoms in total. The van der Waals surface area contributed by atoms with Crippen LogP contribution in [-0.4, -0.2) is 5.24 Å². The molecule has 0 aromatic heterocycles. The quantitative estimate of drug-likeness (QED) is 0.579.